The second-order valence-corrected chi connectivity index (χ2v) is 6.73. The van der Waals surface area contributed by atoms with Gasteiger partial charge in [0.25, 0.3) is 5.91 Å². The predicted octanol–water partition coefficient (Wildman–Crippen LogP) is 4.87. The molecule has 140 valence electrons. The zero-order valence-electron chi connectivity index (χ0n) is 14.9. The Balaban J connectivity index is 1.67. The average Bonchev–Trinajstić information content (AvgIpc) is 3.00. The number of hydrogen-bond donors (Lipinski definition) is 2. The van der Waals surface area contributed by atoms with Crippen LogP contribution in [0, 0.1) is 5.82 Å². The number of halogens is 2. The van der Waals surface area contributed by atoms with E-state index in [1.54, 1.807) is 48.5 Å². The third-order valence-corrected chi connectivity index (χ3v) is 4.92. The maximum atomic E-state index is 14.1. The van der Waals surface area contributed by atoms with Crippen molar-refractivity contribution in [3.8, 4) is 11.3 Å². The lowest BCUT2D eigenvalue weighted by atomic mass is 10.1. The van der Waals surface area contributed by atoms with Gasteiger partial charge in [-0.1, -0.05) is 29.8 Å². The fraction of sp³-hybridized carbons (Fsp3) is 0.0476. The molecular formula is C21H16ClFN4O. The summed E-state index contributed by atoms with van der Waals surface area (Å²) >= 11 is 6.05. The molecule has 5 nitrogen and oxygen atoms in total. The summed E-state index contributed by atoms with van der Waals surface area (Å²) < 4.78 is 15.9. The first-order chi connectivity index (χ1) is 13.5. The van der Waals surface area contributed by atoms with E-state index in [9.17, 15) is 9.18 Å². The zero-order valence-corrected chi connectivity index (χ0v) is 15.7. The van der Waals surface area contributed by atoms with Gasteiger partial charge in [-0.05, 0) is 42.5 Å². The highest BCUT2D eigenvalue weighted by Gasteiger charge is 2.15. The number of pyridine rings is 1. The highest BCUT2D eigenvalue weighted by Crippen LogP contribution is 2.32. The minimum absolute atomic E-state index is 0.225. The molecule has 28 heavy (non-hydrogen) atoms. The highest BCUT2D eigenvalue weighted by atomic mass is 35.5. The Morgan fingerprint density at radius 3 is 2.64 bits per heavy atom. The van der Waals surface area contributed by atoms with Gasteiger partial charge >= 0.3 is 0 Å². The van der Waals surface area contributed by atoms with Crippen LogP contribution in [0.5, 0.6) is 0 Å². The monoisotopic (exact) mass is 394 g/mol. The van der Waals surface area contributed by atoms with Gasteiger partial charge in [-0.15, -0.1) is 0 Å². The van der Waals surface area contributed by atoms with Crippen LogP contribution in [0.4, 0.5) is 16.0 Å². The molecule has 7 heteroatoms. The van der Waals surface area contributed by atoms with Crippen molar-refractivity contribution >= 4 is 40.0 Å². The van der Waals surface area contributed by atoms with Crippen LogP contribution in [0.2, 0.25) is 5.02 Å². The number of fused-ring (bicyclic) bond motifs is 1. The smallest absolute Gasteiger partial charge is 0.258 e. The van der Waals surface area contributed by atoms with Crippen molar-refractivity contribution in [1.82, 2.24) is 9.55 Å². The third-order valence-electron chi connectivity index (χ3n) is 4.59. The Kier molecular flexibility index (Phi) is 4.49. The van der Waals surface area contributed by atoms with E-state index < -0.39 is 0 Å². The van der Waals surface area contributed by atoms with E-state index in [0.29, 0.717) is 27.4 Å². The number of nitrogens with one attached hydrogen (secondary N) is 1. The molecule has 2 aromatic carbocycles. The Bertz CT molecular complexity index is 1220. The minimum Gasteiger partial charge on any atom is -0.383 e. The summed E-state index contributed by atoms with van der Waals surface area (Å²) in [5, 5.41) is 3.55. The maximum absolute atomic E-state index is 14.1. The Morgan fingerprint density at radius 1 is 1.14 bits per heavy atom. The van der Waals surface area contributed by atoms with Gasteiger partial charge in [-0.2, -0.15) is 0 Å². The van der Waals surface area contributed by atoms with Crippen molar-refractivity contribution in [2.45, 2.75) is 0 Å². The van der Waals surface area contributed by atoms with Gasteiger partial charge < -0.3 is 15.6 Å². The molecular weight excluding hydrogens is 379 g/mol. The zero-order chi connectivity index (χ0) is 19.8. The van der Waals surface area contributed by atoms with Crippen LogP contribution < -0.4 is 11.1 Å². The van der Waals surface area contributed by atoms with Gasteiger partial charge in [0.1, 0.15) is 17.5 Å². The molecule has 0 atom stereocenters. The van der Waals surface area contributed by atoms with E-state index in [1.807, 2.05) is 17.7 Å². The number of rotatable bonds is 3. The first-order valence-electron chi connectivity index (χ1n) is 8.52. The van der Waals surface area contributed by atoms with Gasteiger partial charge in [0.15, 0.2) is 0 Å². The molecule has 1 amide bonds. The minimum atomic E-state index is -0.378. The van der Waals surface area contributed by atoms with E-state index >= 15 is 0 Å². The number of carbonyl (C=O) groups is 1. The van der Waals surface area contributed by atoms with Crippen LogP contribution in [0.1, 0.15) is 10.4 Å². The van der Waals surface area contributed by atoms with Crippen LogP contribution in [-0.2, 0) is 7.05 Å². The average molecular weight is 395 g/mol. The molecule has 0 aliphatic rings. The number of benzene rings is 2. The lowest BCUT2D eigenvalue weighted by molar-refractivity contribution is 0.102. The van der Waals surface area contributed by atoms with Crippen molar-refractivity contribution in [2.24, 2.45) is 7.05 Å². The molecule has 3 N–H and O–H groups in total. The molecule has 2 aromatic heterocycles. The molecule has 0 aliphatic carbocycles. The lowest BCUT2D eigenvalue weighted by Crippen LogP contribution is -2.14. The number of aromatic nitrogens is 2. The van der Waals surface area contributed by atoms with E-state index in [4.69, 9.17) is 17.3 Å². The molecule has 0 saturated heterocycles. The van der Waals surface area contributed by atoms with E-state index in [0.717, 1.165) is 11.2 Å². The number of nitrogens with two attached hydrogens (primary N) is 1. The molecule has 0 saturated carbocycles. The quantitative estimate of drug-likeness (QED) is 0.520. The SMILES string of the molecule is Cn1c(-c2ccc(NC(=O)c3ccccc3Cl)nc2N)cc2c(F)cccc21. The van der Waals surface area contributed by atoms with Gasteiger partial charge in [-0.25, -0.2) is 9.37 Å². The van der Waals surface area contributed by atoms with Crippen LogP contribution in [0.15, 0.2) is 60.7 Å². The molecule has 4 aromatic rings. The fourth-order valence-electron chi connectivity index (χ4n) is 3.17. The Labute approximate surface area is 165 Å². The normalized spacial score (nSPS) is 11.0. The molecule has 0 aliphatic heterocycles. The predicted molar refractivity (Wildman–Crippen MR) is 110 cm³/mol. The Hall–Kier alpha value is -3.38. The molecule has 2 heterocycles. The van der Waals surface area contributed by atoms with Gasteiger partial charge in [-0.3, -0.25) is 4.79 Å². The van der Waals surface area contributed by atoms with Crippen molar-refractivity contribution in [1.29, 1.82) is 0 Å². The molecule has 0 bridgehead atoms. The molecule has 4 rings (SSSR count). The number of amides is 1. The van der Waals surface area contributed by atoms with Crippen molar-refractivity contribution in [3.63, 3.8) is 0 Å². The van der Waals surface area contributed by atoms with Crippen molar-refractivity contribution < 1.29 is 9.18 Å². The highest BCUT2D eigenvalue weighted by molar-refractivity contribution is 6.34. The lowest BCUT2D eigenvalue weighted by Gasteiger charge is -2.10. The summed E-state index contributed by atoms with van der Waals surface area (Å²) in [5.41, 5.74) is 8.61. The van der Waals surface area contributed by atoms with Gasteiger partial charge in [0.05, 0.1) is 21.8 Å². The largest absolute Gasteiger partial charge is 0.383 e. The van der Waals surface area contributed by atoms with Gasteiger partial charge in [0, 0.05) is 18.0 Å². The van der Waals surface area contributed by atoms with E-state index in [1.165, 1.54) is 6.07 Å². The first kappa shape index (κ1) is 18.0. The van der Waals surface area contributed by atoms with Crippen molar-refractivity contribution in [2.75, 3.05) is 11.1 Å². The number of aryl methyl sites for hydroxylation is 1. The molecule has 0 fully saturated rings. The number of nitrogens with zero attached hydrogens (tertiary/aromatic N) is 2. The Morgan fingerprint density at radius 2 is 1.93 bits per heavy atom. The second kappa shape index (κ2) is 6.98. The summed E-state index contributed by atoms with van der Waals surface area (Å²) in [6, 6.07) is 16.8. The van der Waals surface area contributed by atoms with Crippen LogP contribution in [0.25, 0.3) is 22.2 Å². The van der Waals surface area contributed by atoms with E-state index in [2.05, 4.69) is 10.3 Å². The number of anilines is 2. The number of nitrogen functional groups attached to an aromatic ring is 1. The first-order valence-corrected chi connectivity index (χ1v) is 8.90. The summed E-state index contributed by atoms with van der Waals surface area (Å²) in [6.07, 6.45) is 0. The van der Waals surface area contributed by atoms with Gasteiger partial charge in [0.2, 0.25) is 0 Å². The summed E-state index contributed by atoms with van der Waals surface area (Å²) in [4.78, 5) is 16.7. The second-order valence-electron chi connectivity index (χ2n) is 6.32. The standard InChI is InChI=1S/C21H16ClFN4O/c1-27-17-8-4-7-16(23)14(17)11-18(27)13-9-10-19(25-20(13)24)26-21(28)12-5-2-3-6-15(12)22/h2-11H,1H3,(H3,24,25,26,28). The molecule has 0 spiro atoms. The summed E-state index contributed by atoms with van der Waals surface area (Å²) in [7, 11) is 1.84. The van der Waals surface area contributed by atoms with Crippen molar-refractivity contribution in [3.05, 3.63) is 77.1 Å². The fourth-order valence-corrected chi connectivity index (χ4v) is 3.39. The number of carbonyl (C=O) groups excluding carboxylic acids is 1. The third kappa shape index (κ3) is 3.08. The maximum Gasteiger partial charge on any atom is 0.258 e. The topological polar surface area (TPSA) is 72.9 Å². The molecule has 0 radical (unpaired) electrons. The summed E-state index contributed by atoms with van der Waals surface area (Å²) in [5.74, 6) is -0.147. The van der Waals surface area contributed by atoms with E-state index in [-0.39, 0.29) is 17.5 Å². The van der Waals surface area contributed by atoms with Crippen LogP contribution >= 0.6 is 11.6 Å². The van der Waals surface area contributed by atoms with Crippen LogP contribution in [0.3, 0.4) is 0 Å². The summed E-state index contributed by atoms with van der Waals surface area (Å²) in [6.45, 7) is 0. The number of hydrogen-bond acceptors (Lipinski definition) is 3. The molecule has 0 unspecified atom stereocenters. The van der Waals surface area contributed by atoms with Crippen LogP contribution in [-0.4, -0.2) is 15.5 Å².